The van der Waals surface area contributed by atoms with E-state index in [1.807, 2.05) is 0 Å². The first-order valence-electron chi connectivity index (χ1n) is 6.52. The fourth-order valence-electron chi connectivity index (χ4n) is 2.82. The highest BCUT2D eigenvalue weighted by Crippen LogP contribution is 2.39. The zero-order valence-electron chi connectivity index (χ0n) is 11.0. The molecule has 19 heavy (non-hydrogen) atoms. The molecule has 0 radical (unpaired) electrons. The smallest absolute Gasteiger partial charge is 0.337 e. The first kappa shape index (κ1) is 13.6. The van der Waals surface area contributed by atoms with E-state index in [9.17, 15) is 14.7 Å². The summed E-state index contributed by atoms with van der Waals surface area (Å²) in [5.41, 5.74) is 0.447. The molecule has 1 aromatic rings. The van der Waals surface area contributed by atoms with Crippen LogP contribution < -0.4 is 0 Å². The lowest BCUT2D eigenvalue weighted by atomic mass is 9.69. The van der Waals surface area contributed by atoms with Gasteiger partial charge in [-0.3, -0.25) is 4.79 Å². The van der Waals surface area contributed by atoms with Gasteiger partial charge >= 0.3 is 11.9 Å². The topological polar surface area (TPSA) is 63.6 Å². The summed E-state index contributed by atoms with van der Waals surface area (Å²) in [6.45, 7) is 0. The number of rotatable bonds is 3. The van der Waals surface area contributed by atoms with Gasteiger partial charge in [0.05, 0.1) is 18.1 Å². The van der Waals surface area contributed by atoms with Gasteiger partial charge in [-0.25, -0.2) is 4.79 Å². The van der Waals surface area contributed by atoms with Gasteiger partial charge in [0, 0.05) is 0 Å². The van der Waals surface area contributed by atoms with Crippen molar-refractivity contribution in [3.8, 4) is 0 Å². The van der Waals surface area contributed by atoms with Crippen molar-refractivity contribution in [2.75, 3.05) is 7.11 Å². The third-order valence-electron chi connectivity index (χ3n) is 3.98. The summed E-state index contributed by atoms with van der Waals surface area (Å²) in [5.74, 6) is -1.17. The van der Waals surface area contributed by atoms with Crippen LogP contribution in [0.4, 0.5) is 0 Å². The maximum Gasteiger partial charge on any atom is 0.337 e. The minimum atomic E-state index is -0.785. The molecule has 0 heterocycles. The van der Waals surface area contributed by atoms with Crippen LogP contribution in [0.1, 0.15) is 48.0 Å². The Morgan fingerprint density at radius 1 is 1.11 bits per heavy atom. The molecule has 0 amide bonds. The van der Waals surface area contributed by atoms with Gasteiger partial charge in [0.15, 0.2) is 0 Å². The average Bonchev–Trinajstić information content (AvgIpc) is 2.47. The number of esters is 1. The largest absolute Gasteiger partial charge is 0.481 e. The van der Waals surface area contributed by atoms with E-state index in [-0.39, 0.29) is 0 Å². The predicted octanol–water partition coefficient (Wildman–Crippen LogP) is 2.76. The number of hydrogen-bond acceptors (Lipinski definition) is 3. The zero-order chi connectivity index (χ0) is 13.9. The zero-order valence-corrected chi connectivity index (χ0v) is 11.0. The van der Waals surface area contributed by atoms with Crippen molar-refractivity contribution in [1.82, 2.24) is 0 Å². The highest BCUT2D eigenvalue weighted by Gasteiger charge is 2.41. The van der Waals surface area contributed by atoms with Crippen molar-refractivity contribution in [1.29, 1.82) is 0 Å². The Hall–Kier alpha value is -1.84. The van der Waals surface area contributed by atoms with Gasteiger partial charge in [0.1, 0.15) is 0 Å². The van der Waals surface area contributed by atoms with Gasteiger partial charge in [-0.05, 0) is 30.5 Å². The quantitative estimate of drug-likeness (QED) is 0.851. The first-order valence-corrected chi connectivity index (χ1v) is 6.52. The van der Waals surface area contributed by atoms with E-state index in [1.165, 1.54) is 7.11 Å². The van der Waals surface area contributed by atoms with Crippen molar-refractivity contribution < 1.29 is 19.4 Å². The second kappa shape index (κ2) is 5.43. The third kappa shape index (κ3) is 2.48. The monoisotopic (exact) mass is 262 g/mol. The van der Waals surface area contributed by atoms with E-state index in [2.05, 4.69) is 4.74 Å². The second-order valence-corrected chi connectivity index (χ2v) is 5.02. The Bertz CT molecular complexity index is 469. The van der Waals surface area contributed by atoms with Gasteiger partial charge < -0.3 is 9.84 Å². The standard InChI is InChI=1S/C15H18O4/c1-19-13(16)11-5-7-12(8-6-11)15(14(17)18)9-3-2-4-10-15/h5-8H,2-4,9-10H2,1H3,(H,17,18). The molecule has 0 spiro atoms. The second-order valence-electron chi connectivity index (χ2n) is 5.02. The van der Waals surface area contributed by atoms with Gasteiger partial charge in [0.25, 0.3) is 0 Å². The average molecular weight is 262 g/mol. The minimum absolute atomic E-state index is 0.403. The number of aliphatic carboxylic acids is 1. The maximum absolute atomic E-state index is 11.7. The molecule has 1 N–H and O–H groups in total. The Balaban J connectivity index is 2.33. The Morgan fingerprint density at radius 2 is 1.68 bits per heavy atom. The van der Waals surface area contributed by atoms with Crippen molar-refractivity contribution in [3.05, 3.63) is 35.4 Å². The summed E-state index contributed by atoms with van der Waals surface area (Å²) >= 11 is 0. The molecule has 1 fully saturated rings. The number of carboxylic acids is 1. The highest BCUT2D eigenvalue weighted by molar-refractivity contribution is 5.89. The number of hydrogen-bond donors (Lipinski definition) is 1. The van der Waals surface area contributed by atoms with Crippen molar-refractivity contribution in [3.63, 3.8) is 0 Å². The first-order chi connectivity index (χ1) is 9.10. The van der Waals surface area contributed by atoms with Gasteiger partial charge in [-0.1, -0.05) is 31.4 Å². The van der Waals surface area contributed by atoms with Crippen molar-refractivity contribution >= 4 is 11.9 Å². The summed E-state index contributed by atoms with van der Waals surface area (Å²) in [4.78, 5) is 23.0. The minimum Gasteiger partial charge on any atom is -0.481 e. The van der Waals surface area contributed by atoms with Gasteiger partial charge in [0.2, 0.25) is 0 Å². The Labute approximate surface area is 112 Å². The van der Waals surface area contributed by atoms with Crippen LogP contribution in [0.2, 0.25) is 0 Å². The van der Waals surface area contributed by atoms with Gasteiger partial charge in [-0.2, -0.15) is 0 Å². The Morgan fingerprint density at radius 3 is 2.16 bits per heavy atom. The van der Waals surface area contributed by atoms with Crippen LogP contribution in [0.3, 0.4) is 0 Å². The molecule has 1 aromatic carbocycles. The molecule has 4 nitrogen and oxygen atoms in total. The molecule has 1 aliphatic rings. The fourth-order valence-corrected chi connectivity index (χ4v) is 2.82. The maximum atomic E-state index is 11.7. The molecule has 0 unspecified atom stereocenters. The van der Waals surface area contributed by atoms with Crippen LogP contribution >= 0.6 is 0 Å². The molecule has 0 saturated heterocycles. The van der Waals surface area contributed by atoms with E-state index in [0.29, 0.717) is 18.4 Å². The van der Waals surface area contributed by atoms with E-state index in [0.717, 1.165) is 24.8 Å². The molecular weight excluding hydrogens is 244 g/mol. The number of carbonyl (C=O) groups excluding carboxylic acids is 1. The number of methoxy groups -OCH3 is 1. The summed E-state index contributed by atoms with van der Waals surface area (Å²) in [7, 11) is 1.33. The molecule has 0 aliphatic heterocycles. The van der Waals surface area contributed by atoms with Crippen molar-refractivity contribution in [2.24, 2.45) is 0 Å². The Kier molecular flexibility index (Phi) is 3.88. The normalized spacial score (nSPS) is 17.7. The SMILES string of the molecule is COC(=O)c1ccc(C2(C(=O)O)CCCCC2)cc1. The molecule has 0 aromatic heterocycles. The molecule has 0 atom stereocenters. The van der Waals surface area contributed by atoms with Crippen LogP contribution in [0.25, 0.3) is 0 Å². The van der Waals surface area contributed by atoms with Crippen LogP contribution in [-0.2, 0) is 14.9 Å². The number of carboxylic acid groups (broad SMARTS) is 1. The lowest BCUT2D eigenvalue weighted by Crippen LogP contribution is -2.37. The van der Waals surface area contributed by atoms with E-state index in [1.54, 1.807) is 24.3 Å². The van der Waals surface area contributed by atoms with E-state index >= 15 is 0 Å². The third-order valence-corrected chi connectivity index (χ3v) is 3.98. The number of ether oxygens (including phenoxy) is 1. The summed E-state index contributed by atoms with van der Waals surface area (Å²) < 4.78 is 4.64. The molecule has 4 heteroatoms. The van der Waals surface area contributed by atoms with Crippen LogP contribution in [-0.4, -0.2) is 24.2 Å². The fraction of sp³-hybridized carbons (Fsp3) is 0.467. The van der Waals surface area contributed by atoms with Crippen LogP contribution in [0.15, 0.2) is 24.3 Å². The number of carbonyl (C=O) groups is 2. The molecule has 0 bridgehead atoms. The predicted molar refractivity (Wildman–Crippen MR) is 70.2 cm³/mol. The van der Waals surface area contributed by atoms with Crippen molar-refractivity contribution in [2.45, 2.75) is 37.5 Å². The number of benzene rings is 1. The van der Waals surface area contributed by atoms with Crippen LogP contribution in [0.5, 0.6) is 0 Å². The lowest BCUT2D eigenvalue weighted by Gasteiger charge is -2.33. The molecule has 102 valence electrons. The van der Waals surface area contributed by atoms with E-state index < -0.39 is 17.4 Å². The lowest BCUT2D eigenvalue weighted by molar-refractivity contribution is -0.145. The molecule has 1 aliphatic carbocycles. The summed E-state index contributed by atoms with van der Waals surface area (Å²) in [6.07, 6.45) is 4.30. The summed E-state index contributed by atoms with van der Waals surface area (Å²) in [6, 6.07) is 6.76. The highest BCUT2D eigenvalue weighted by atomic mass is 16.5. The van der Waals surface area contributed by atoms with E-state index in [4.69, 9.17) is 0 Å². The van der Waals surface area contributed by atoms with Crippen LogP contribution in [0, 0.1) is 0 Å². The summed E-state index contributed by atoms with van der Waals surface area (Å²) in [5, 5.41) is 9.58. The molecular formula is C15H18O4. The molecule has 2 rings (SSSR count). The molecule has 1 saturated carbocycles. The van der Waals surface area contributed by atoms with Gasteiger partial charge in [-0.15, -0.1) is 0 Å².